The minimum atomic E-state index is -0.280. The monoisotopic (exact) mass is 206 g/mol. The highest BCUT2D eigenvalue weighted by Crippen LogP contribution is 2.31. The van der Waals surface area contributed by atoms with E-state index in [-0.39, 0.29) is 5.54 Å². The van der Waals surface area contributed by atoms with Crippen LogP contribution in [-0.2, 0) is 0 Å². The van der Waals surface area contributed by atoms with Gasteiger partial charge in [-0.2, -0.15) is 5.26 Å². The molecule has 0 aromatic carbocycles. The van der Waals surface area contributed by atoms with E-state index in [0.29, 0.717) is 0 Å². The van der Waals surface area contributed by atoms with Crippen LogP contribution in [-0.4, -0.2) is 12.1 Å². The van der Waals surface area contributed by atoms with Gasteiger partial charge in [0, 0.05) is 6.54 Å². The van der Waals surface area contributed by atoms with E-state index in [4.69, 9.17) is 0 Å². The minimum Gasteiger partial charge on any atom is -0.296 e. The van der Waals surface area contributed by atoms with Crippen LogP contribution in [0.15, 0.2) is 12.7 Å². The first-order valence-corrected chi connectivity index (χ1v) is 6.03. The maximum atomic E-state index is 9.31. The van der Waals surface area contributed by atoms with Crippen molar-refractivity contribution < 1.29 is 0 Å². The van der Waals surface area contributed by atoms with Crippen LogP contribution < -0.4 is 5.32 Å². The van der Waals surface area contributed by atoms with E-state index in [2.05, 4.69) is 24.9 Å². The van der Waals surface area contributed by atoms with Crippen molar-refractivity contribution in [3.8, 4) is 6.07 Å². The van der Waals surface area contributed by atoms with E-state index < -0.39 is 0 Å². The molecule has 1 fully saturated rings. The Bertz CT molecular complexity index is 241. The molecule has 0 radical (unpaired) electrons. The van der Waals surface area contributed by atoms with Gasteiger partial charge >= 0.3 is 0 Å². The summed E-state index contributed by atoms with van der Waals surface area (Å²) in [5.74, 6) is 0.825. The highest BCUT2D eigenvalue weighted by Gasteiger charge is 2.31. The van der Waals surface area contributed by atoms with Crippen molar-refractivity contribution in [2.24, 2.45) is 5.92 Å². The SMILES string of the molecule is C=CCNC1(C#N)CCCC(CC)CC1. The highest BCUT2D eigenvalue weighted by atomic mass is 15.0. The van der Waals surface area contributed by atoms with Crippen LogP contribution in [0.3, 0.4) is 0 Å². The first-order chi connectivity index (χ1) is 7.26. The molecular formula is C13H22N2. The minimum absolute atomic E-state index is 0.280. The Morgan fingerprint density at radius 3 is 2.93 bits per heavy atom. The fourth-order valence-electron chi connectivity index (χ4n) is 2.42. The van der Waals surface area contributed by atoms with Crippen LogP contribution in [0.5, 0.6) is 0 Å². The Morgan fingerprint density at radius 1 is 1.53 bits per heavy atom. The van der Waals surface area contributed by atoms with E-state index in [1.807, 2.05) is 6.08 Å². The second kappa shape index (κ2) is 5.92. The summed E-state index contributed by atoms with van der Waals surface area (Å²) in [6, 6.07) is 2.48. The van der Waals surface area contributed by atoms with Crippen LogP contribution in [0.2, 0.25) is 0 Å². The summed E-state index contributed by atoms with van der Waals surface area (Å²) in [6.45, 7) is 6.68. The average molecular weight is 206 g/mol. The molecule has 0 heterocycles. The number of nitriles is 1. The zero-order valence-electron chi connectivity index (χ0n) is 9.76. The Balaban J connectivity index is 2.58. The van der Waals surface area contributed by atoms with E-state index >= 15 is 0 Å². The van der Waals surface area contributed by atoms with Gasteiger partial charge in [0.25, 0.3) is 0 Å². The maximum Gasteiger partial charge on any atom is 0.107 e. The third-order valence-electron chi connectivity index (χ3n) is 3.57. The van der Waals surface area contributed by atoms with Crippen molar-refractivity contribution in [1.82, 2.24) is 5.32 Å². The number of nitrogens with one attached hydrogen (secondary N) is 1. The molecule has 1 N–H and O–H groups in total. The van der Waals surface area contributed by atoms with Gasteiger partial charge in [-0.15, -0.1) is 6.58 Å². The lowest BCUT2D eigenvalue weighted by molar-refractivity contribution is 0.370. The topological polar surface area (TPSA) is 35.8 Å². The number of hydrogen-bond donors (Lipinski definition) is 1. The Kier molecular flexibility index (Phi) is 4.84. The summed E-state index contributed by atoms with van der Waals surface area (Å²) >= 11 is 0. The zero-order chi connectivity index (χ0) is 11.1. The van der Waals surface area contributed by atoms with Crippen molar-refractivity contribution in [3.63, 3.8) is 0 Å². The molecular weight excluding hydrogens is 184 g/mol. The molecule has 0 aliphatic heterocycles. The van der Waals surface area contributed by atoms with Gasteiger partial charge in [-0.05, 0) is 25.2 Å². The van der Waals surface area contributed by atoms with Gasteiger partial charge in [0.05, 0.1) is 6.07 Å². The Morgan fingerprint density at radius 2 is 2.33 bits per heavy atom. The van der Waals surface area contributed by atoms with Gasteiger partial charge in [0.15, 0.2) is 0 Å². The summed E-state index contributed by atoms with van der Waals surface area (Å²) in [7, 11) is 0. The van der Waals surface area contributed by atoms with Gasteiger partial charge in [-0.3, -0.25) is 5.32 Å². The second-order valence-corrected chi connectivity index (χ2v) is 4.57. The predicted molar refractivity (Wildman–Crippen MR) is 63.4 cm³/mol. The molecule has 0 saturated heterocycles. The Labute approximate surface area is 93.4 Å². The van der Waals surface area contributed by atoms with E-state index in [1.165, 1.54) is 25.7 Å². The molecule has 0 spiro atoms. The normalized spacial score (nSPS) is 31.6. The quantitative estimate of drug-likeness (QED) is 0.567. The maximum absolute atomic E-state index is 9.31. The summed E-state index contributed by atoms with van der Waals surface area (Å²) in [4.78, 5) is 0. The van der Waals surface area contributed by atoms with Crippen molar-refractivity contribution >= 4 is 0 Å². The van der Waals surface area contributed by atoms with Crippen LogP contribution in [0.4, 0.5) is 0 Å². The van der Waals surface area contributed by atoms with Crippen molar-refractivity contribution in [2.75, 3.05) is 6.54 Å². The summed E-state index contributed by atoms with van der Waals surface area (Å²) < 4.78 is 0. The number of hydrogen-bond acceptors (Lipinski definition) is 2. The second-order valence-electron chi connectivity index (χ2n) is 4.57. The van der Waals surface area contributed by atoms with Gasteiger partial charge < -0.3 is 0 Å². The molecule has 1 aliphatic carbocycles. The molecule has 2 unspecified atom stereocenters. The zero-order valence-corrected chi connectivity index (χ0v) is 9.76. The molecule has 2 nitrogen and oxygen atoms in total. The van der Waals surface area contributed by atoms with Gasteiger partial charge in [0.1, 0.15) is 5.54 Å². The fourth-order valence-corrected chi connectivity index (χ4v) is 2.42. The third-order valence-corrected chi connectivity index (χ3v) is 3.57. The summed E-state index contributed by atoms with van der Waals surface area (Å²) in [6.07, 6.45) is 8.73. The first kappa shape index (κ1) is 12.3. The predicted octanol–water partition coefficient (Wildman–Crippen LogP) is 3.01. The average Bonchev–Trinajstić information content (AvgIpc) is 2.49. The molecule has 1 rings (SSSR count). The fraction of sp³-hybridized carbons (Fsp3) is 0.769. The Hall–Kier alpha value is -0.810. The molecule has 84 valence electrons. The van der Waals surface area contributed by atoms with Gasteiger partial charge in [-0.1, -0.05) is 32.3 Å². The van der Waals surface area contributed by atoms with Crippen molar-refractivity contribution in [3.05, 3.63) is 12.7 Å². The lowest BCUT2D eigenvalue weighted by atomic mass is 9.91. The lowest BCUT2D eigenvalue weighted by Crippen LogP contribution is -2.43. The van der Waals surface area contributed by atoms with Crippen LogP contribution in [0, 0.1) is 17.2 Å². The van der Waals surface area contributed by atoms with Crippen LogP contribution >= 0.6 is 0 Å². The molecule has 2 heteroatoms. The molecule has 1 aliphatic rings. The molecule has 0 aromatic rings. The van der Waals surface area contributed by atoms with Crippen molar-refractivity contribution in [2.45, 2.75) is 51.0 Å². The highest BCUT2D eigenvalue weighted by molar-refractivity contribution is 5.08. The molecule has 0 amide bonds. The van der Waals surface area contributed by atoms with E-state index in [1.54, 1.807) is 0 Å². The van der Waals surface area contributed by atoms with Crippen molar-refractivity contribution in [1.29, 1.82) is 5.26 Å². The first-order valence-electron chi connectivity index (χ1n) is 6.03. The molecule has 1 saturated carbocycles. The molecule has 2 atom stereocenters. The third kappa shape index (κ3) is 3.35. The van der Waals surface area contributed by atoms with Crippen LogP contribution in [0.1, 0.15) is 45.4 Å². The molecule has 0 aromatic heterocycles. The smallest absolute Gasteiger partial charge is 0.107 e. The van der Waals surface area contributed by atoms with Crippen LogP contribution in [0.25, 0.3) is 0 Å². The van der Waals surface area contributed by atoms with E-state index in [9.17, 15) is 5.26 Å². The van der Waals surface area contributed by atoms with Gasteiger partial charge in [-0.25, -0.2) is 0 Å². The molecule has 0 bridgehead atoms. The van der Waals surface area contributed by atoms with Gasteiger partial charge in [0.2, 0.25) is 0 Å². The summed E-state index contributed by atoms with van der Waals surface area (Å²) in [5.41, 5.74) is -0.280. The number of rotatable bonds is 4. The summed E-state index contributed by atoms with van der Waals surface area (Å²) in [5, 5.41) is 12.6. The van der Waals surface area contributed by atoms with E-state index in [0.717, 1.165) is 25.3 Å². The number of nitrogens with zero attached hydrogens (tertiary/aromatic N) is 1. The molecule has 15 heavy (non-hydrogen) atoms. The standard InChI is InChI=1S/C13H22N2/c1-3-10-15-13(11-14)8-5-6-12(4-2)7-9-13/h3,12,15H,1,4-10H2,2H3. The largest absolute Gasteiger partial charge is 0.296 e. The lowest BCUT2D eigenvalue weighted by Gasteiger charge is -2.25.